The van der Waals surface area contributed by atoms with Crippen LogP contribution in [0.15, 0.2) is 36.5 Å². The van der Waals surface area contributed by atoms with Gasteiger partial charge in [-0.25, -0.2) is 4.98 Å². The van der Waals surface area contributed by atoms with Gasteiger partial charge in [0.2, 0.25) is 0 Å². The summed E-state index contributed by atoms with van der Waals surface area (Å²) in [7, 11) is 1.61. The molecule has 0 radical (unpaired) electrons. The molecule has 3 aliphatic rings. The van der Waals surface area contributed by atoms with Gasteiger partial charge in [0, 0.05) is 30.6 Å². The number of amides is 1. The van der Waals surface area contributed by atoms with Crippen molar-refractivity contribution in [1.82, 2.24) is 9.88 Å². The second kappa shape index (κ2) is 10.3. The Labute approximate surface area is 229 Å². The summed E-state index contributed by atoms with van der Waals surface area (Å²) in [6, 6.07) is 11.5. The summed E-state index contributed by atoms with van der Waals surface area (Å²) in [6.07, 6.45) is 0.208. The monoisotopic (exact) mass is 536 g/mol. The molecule has 1 aromatic heterocycles. The highest BCUT2D eigenvalue weighted by Gasteiger charge is 2.50. The van der Waals surface area contributed by atoms with Crippen molar-refractivity contribution in [1.29, 1.82) is 5.26 Å². The number of pyridine rings is 1. The van der Waals surface area contributed by atoms with Crippen LogP contribution in [-0.2, 0) is 14.3 Å². The predicted octanol–water partition coefficient (Wildman–Crippen LogP) is 2.69. The highest BCUT2D eigenvalue weighted by molar-refractivity contribution is 5.82. The fourth-order valence-electron chi connectivity index (χ4n) is 5.63. The maximum Gasteiger partial charge on any atom is 0.254 e. The molecule has 39 heavy (non-hydrogen) atoms. The van der Waals surface area contributed by atoms with Gasteiger partial charge < -0.3 is 33.9 Å². The third-order valence-corrected chi connectivity index (χ3v) is 8.21. The molecule has 208 valence electrons. The van der Waals surface area contributed by atoms with Crippen molar-refractivity contribution in [2.24, 2.45) is 5.41 Å². The lowest BCUT2D eigenvalue weighted by Crippen LogP contribution is -2.54. The number of methoxy groups -OCH3 is 1. The first-order valence-electron chi connectivity index (χ1n) is 13.3. The molecule has 0 spiro atoms. The Hall–Kier alpha value is -3.39. The number of ether oxygens (including phenoxy) is 4. The first-order valence-corrected chi connectivity index (χ1v) is 13.3. The molecule has 3 aliphatic heterocycles. The van der Waals surface area contributed by atoms with E-state index in [2.05, 4.69) is 16.0 Å². The molecule has 1 amide bonds. The van der Waals surface area contributed by atoms with Crippen LogP contribution in [-0.4, -0.2) is 84.9 Å². The maximum absolute atomic E-state index is 13.3. The van der Waals surface area contributed by atoms with Crippen LogP contribution in [0.4, 0.5) is 5.82 Å². The molecule has 4 atom stereocenters. The summed E-state index contributed by atoms with van der Waals surface area (Å²) in [5, 5.41) is 19.8. The Morgan fingerprint density at radius 2 is 1.97 bits per heavy atom. The van der Waals surface area contributed by atoms with Crippen molar-refractivity contribution < 1.29 is 28.8 Å². The van der Waals surface area contributed by atoms with E-state index < -0.39 is 23.4 Å². The van der Waals surface area contributed by atoms with Crippen molar-refractivity contribution >= 4 is 11.7 Å². The van der Waals surface area contributed by atoms with Gasteiger partial charge in [-0.15, -0.1) is 0 Å². The fraction of sp³-hybridized carbons (Fsp3) is 0.552. The maximum atomic E-state index is 13.3. The van der Waals surface area contributed by atoms with Crippen molar-refractivity contribution in [2.45, 2.75) is 57.7 Å². The van der Waals surface area contributed by atoms with Crippen molar-refractivity contribution in [3.05, 3.63) is 47.7 Å². The summed E-state index contributed by atoms with van der Waals surface area (Å²) in [6.45, 7) is 9.79. The molecule has 2 aromatic rings. The van der Waals surface area contributed by atoms with E-state index in [9.17, 15) is 9.90 Å². The third kappa shape index (κ3) is 5.26. The van der Waals surface area contributed by atoms with Gasteiger partial charge in [-0.3, -0.25) is 4.79 Å². The van der Waals surface area contributed by atoms with Gasteiger partial charge in [0.05, 0.1) is 38.5 Å². The second-order valence-electron chi connectivity index (χ2n) is 11.3. The number of anilines is 1. The van der Waals surface area contributed by atoms with Gasteiger partial charge in [0.25, 0.3) is 5.91 Å². The summed E-state index contributed by atoms with van der Waals surface area (Å²) < 4.78 is 23.4. The summed E-state index contributed by atoms with van der Waals surface area (Å²) in [5.41, 5.74) is 0.932. The van der Waals surface area contributed by atoms with E-state index in [1.54, 1.807) is 45.0 Å². The zero-order valence-corrected chi connectivity index (χ0v) is 23.1. The van der Waals surface area contributed by atoms with Crippen molar-refractivity contribution in [3.8, 4) is 17.6 Å². The van der Waals surface area contributed by atoms with E-state index in [4.69, 9.17) is 24.2 Å². The van der Waals surface area contributed by atoms with Crippen molar-refractivity contribution in [3.63, 3.8) is 0 Å². The number of aliphatic hydroxyl groups excluding tert-OH is 1. The lowest BCUT2D eigenvalue weighted by atomic mass is 9.72. The summed E-state index contributed by atoms with van der Waals surface area (Å²) in [4.78, 5) is 21.6. The number of carbonyl (C=O) groups is 1. The van der Waals surface area contributed by atoms with Crippen LogP contribution in [0, 0.1) is 16.7 Å². The highest BCUT2D eigenvalue weighted by Crippen LogP contribution is 2.47. The molecule has 5 rings (SSSR count). The van der Waals surface area contributed by atoms with Gasteiger partial charge in [0.1, 0.15) is 18.0 Å². The smallest absolute Gasteiger partial charge is 0.254 e. The van der Waals surface area contributed by atoms with Crippen LogP contribution in [0.25, 0.3) is 0 Å². The van der Waals surface area contributed by atoms with Crippen LogP contribution in [0.1, 0.15) is 44.7 Å². The first-order chi connectivity index (χ1) is 18.5. The van der Waals surface area contributed by atoms with E-state index >= 15 is 0 Å². The number of aliphatic hydroxyl groups is 1. The number of likely N-dealkylation sites (tertiary alicyclic amines) is 1. The van der Waals surface area contributed by atoms with Gasteiger partial charge in [-0.2, -0.15) is 5.26 Å². The summed E-state index contributed by atoms with van der Waals surface area (Å²) in [5.74, 6) is 1.02. The van der Waals surface area contributed by atoms with E-state index in [0.29, 0.717) is 43.2 Å². The molecule has 0 aliphatic carbocycles. The fourth-order valence-corrected chi connectivity index (χ4v) is 5.63. The highest BCUT2D eigenvalue weighted by atomic mass is 16.7. The standard InChI is InChI=1S/C29H36N4O6/c1-18(34)29(4)17-33(27(35)25-16-37-28(2,3)39-25)15-22(29)20-7-8-23(36-5)24(10-20)38-21-13-32(14-21)26-9-6-19(11-30)12-31-26/h6-10,12,18,21-22,25,34H,13-17H2,1-5H3/t18-,22+,25+,29+/m1/s1. The van der Waals surface area contributed by atoms with Gasteiger partial charge in [0.15, 0.2) is 23.4 Å². The molecule has 4 heterocycles. The molecule has 3 fully saturated rings. The van der Waals surface area contributed by atoms with Gasteiger partial charge in [-0.05, 0) is 50.6 Å². The van der Waals surface area contributed by atoms with Crippen LogP contribution in [0.2, 0.25) is 0 Å². The average Bonchev–Trinajstić information content (AvgIpc) is 3.45. The second-order valence-corrected chi connectivity index (χ2v) is 11.3. The molecule has 0 bridgehead atoms. The zero-order valence-electron chi connectivity index (χ0n) is 23.1. The molecular weight excluding hydrogens is 500 g/mol. The number of rotatable bonds is 7. The molecular formula is C29H36N4O6. The lowest BCUT2D eigenvalue weighted by Gasteiger charge is -2.40. The molecule has 3 saturated heterocycles. The number of carbonyl (C=O) groups excluding carboxylic acids is 1. The van der Waals surface area contributed by atoms with Crippen LogP contribution in [0.5, 0.6) is 11.5 Å². The number of nitrogens with zero attached hydrogens (tertiary/aromatic N) is 4. The largest absolute Gasteiger partial charge is 0.493 e. The number of nitriles is 1. The van der Waals surface area contributed by atoms with Crippen molar-refractivity contribution in [2.75, 3.05) is 44.8 Å². The van der Waals surface area contributed by atoms with Crippen LogP contribution in [0.3, 0.4) is 0 Å². The van der Waals surface area contributed by atoms with E-state index in [1.807, 2.05) is 31.2 Å². The Morgan fingerprint density at radius 3 is 2.56 bits per heavy atom. The van der Waals surface area contributed by atoms with E-state index in [1.165, 1.54) is 0 Å². The quantitative estimate of drug-likeness (QED) is 0.570. The topological polar surface area (TPSA) is 117 Å². The minimum absolute atomic E-state index is 0.0562. The number of hydrogen-bond acceptors (Lipinski definition) is 9. The van der Waals surface area contributed by atoms with Gasteiger partial charge in [-0.1, -0.05) is 13.0 Å². The Morgan fingerprint density at radius 1 is 1.21 bits per heavy atom. The molecule has 10 nitrogen and oxygen atoms in total. The number of aromatic nitrogens is 1. The normalized spacial score (nSPS) is 27.1. The average molecular weight is 537 g/mol. The minimum atomic E-state index is -0.789. The van der Waals surface area contributed by atoms with E-state index in [-0.39, 0.29) is 24.5 Å². The Bertz CT molecular complexity index is 1250. The lowest BCUT2D eigenvalue weighted by molar-refractivity contribution is -0.159. The first kappa shape index (κ1) is 27.2. The minimum Gasteiger partial charge on any atom is -0.493 e. The molecule has 0 saturated carbocycles. The van der Waals surface area contributed by atoms with Crippen LogP contribution >= 0.6 is 0 Å². The Balaban J connectivity index is 1.31. The molecule has 10 heteroatoms. The molecule has 1 N–H and O–H groups in total. The summed E-state index contributed by atoms with van der Waals surface area (Å²) >= 11 is 0. The third-order valence-electron chi connectivity index (χ3n) is 8.21. The molecule has 1 aromatic carbocycles. The predicted molar refractivity (Wildman–Crippen MR) is 143 cm³/mol. The SMILES string of the molecule is COc1ccc([C@@H]2CN(C(=O)[C@@H]3COC(C)(C)O3)C[C@@]2(C)[C@@H](C)O)cc1OC1CN(c2ccc(C#N)cn2)C1. The zero-order chi connectivity index (χ0) is 27.9. The number of hydrogen-bond donors (Lipinski definition) is 1. The Kier molecular flexibility index (Phi) is 7.18. The van der Waals surface area contributed by atoms with E-state index in [0.717, 1.165) is 11.4 Å². The molecule has 0 unspecified atom stereocenters. The van der Waals surface area contributed by atoms with Gasteiger partial charge >= 0.3 is 0 Å². The van der Waals surface area contributed by atoms with Crippen LogP contribution < -0.4 is 14.4 Å². The number of benzene rings is 1.